The number of fused-ring (bicyclic) bond motifs is 1. The SMILES string of the molecule is COc1ccccc1C(=O)NCC(=O)O[C@@H](C)C(=O)Nc1ccc2c(c1)OCCO2. The first-order chi connectivity index (χ1) is 14.5. The van der Waals surface area contributed by atoms with Crippen molar-refractivity contribution < 1.29 is 33.3 Å². The molecule has 2 aromatic rings. The van der Waals surface area contributed by atoms with Gasteiger partial charge in [0.25, 0.3) is 11.8 Å². The molecule has 0 unspecified atom stereocenters. The van der Waals surface area contributed by atoms with Gasteiger partial charge in [0, 0.05) is 11.8 Å². The highest BCUT2D eigenvalue weighted by Crippen LogP contribution is 2.32. The molecule has 0 spiro atoms. The maximum Gasteiger partial charge on any atom is 0.326 e. The van der Waals surface area contributed by atoms with Gasteiger partial charge in [-0.15, -0.1) is 0 Å². The highest BCUT2D eigenvalue weighted by molar-refractivity contribution is 5.99. The van der Waals surface area contributed by atoms with E-state index in [-0.39, 0.29) is 5.56 Å². The van der Waals surface area contributed by atoms with Gasteiger partial charge in [-0.05, 0) is 31.2 Å². The molecular formula is C21H22N2O7. The Morgan fingerprint density at radius 1 is 1.07 bits per heavy atom. The quantitative estimate of drug-likeness (QED) is 0.664. The number of para-hydroxylation sites is 1. The largest absolute Gasteiger partial charge is 0.496 e. The van der Waals surface area contributed by atoms with Crippen molar-refractivity contribution in [2.24, 2.45) is 0 Å². The van der Waals surface area contributed by atoms with E-state index in [2.05, 4.69) is 10.6 Å². The van der Waals surface area contributed by atoms with Gasteiger partial charge in [-0.1, -0.05) is 12.1 Å². The number of carbonyl (C=O) groups is 3. The van der Waals surface area contributed by atoms with Gasteiger partial charge < -0.3 is 29.6 Å². The van der Waals surface area contributed by atoms with E-state index in [9.17, 15) is 14.4 Å². The van der Waals surface area contributed by atoms with Gasteiger partial charge in [0.2, 0.25) is 0 Å². The summed E-state index contributed by atoms with van der Waals surface area (Å²) in [5.41, 5.74) is 0.772. The van der Waals surface area contributed by atoms with Crippen LogP contribution in [0.15, 0.2) is 42.5 Å². The van der Waals surface area contributed by atoms with Crippen LogP contribution in [-0.4, -0.2) is 50.8 Å². The predicted molar refractivity (Wildman–Crippen MR) is 107 cm³/mol. The molecule has 2 N–H and O–H groups in total. The van der Waals surface area contributed by atoms with Gasteiger partial charge in [0.15, 0.2) is 17.6 Å². The summed E-state index contributed by atoms with van der Waals surface area (Å²) in [4.78, 5) is 36.5. The smallest absolute Gasteiger partial charge is 0.326 e. The summed E-state index contributed by atoms with van der Waals surface area (Å²) < 4.78 is 21.1. The monoisotopic (exact) mass is 414 g/mol. The minimum Gasteiger partial charge on any atom is -0.496 e. The van der Waals surface area contributed by atoms with Crippen molar-refractivity contribution in [3.63, 3.8) is 0 Å². The number of methoxy groups -OCH3 is 1. The van der Waals surface area contributed by atoms with Gasteiger partial charge in [0.1, 0.15) is 25.5 Å². The first kappa shape index (κ1) is 21.0. The molecule has 0 bridgehead atoms. The number of rotatable bonds is 7. The molecule has 158 valence electrons. The molecule has 1 aliphatic heterocycles. The molecule has 0 radical (unpaired) electrons. The summed E-state index contributed by atoms with van der Waals surface area (Å²) in [5, 5.41) is 5.09. The summed E-state index contributed by atoms with van der Waals surface area (Å²) in [6, 6.07) is 11.6. The molecule has 2 amide bonds. The van der Waals surface area contributed by atoms with Crippen LogP contribution in [0.1, 0.15) is 17.3 Å². The summed E-state index contributed by atoms with van der Waals surface area (Å²) in [6.07, 6.45) is -1.06. The van der Waals surface area contributed by atoms with E-state index in [1.165, 1.54) is 14.0 Å². The topological polar surface area (TPSA) is 112 Å². The zero-order chi connectivity index (χ0) is 21.5. The molecule has 1 heterocycles. The number of hydrogen-bond donors (Lipinski definition) is 2. The first-order valence-electron chi connectivity index (χ1n) is 9.29. The maximum atomic E-state index is 12.3. The molecule has 1 aliphatic rings. The minimum absolute atomic E-state index is 0.289. The van der Waals surface area contributed by atoms with Crippen molar-refractivity contribution in [3.8, 4) is 17.2 Å². The van der Waals surface area contributed by atoms with Gasteiger partial charge >= 0.3 is 5.97 Å². The zero-order valence-corrected chi connectivity index (χ0v) is 16.6. The second-order valence-electron chi connectivity index (χ2n) is 6.36. The fourth-order valence-corrected chi connectivity index (χ4v) is 2.74. The van der Waals surface area contributed by atoms with Crippen molar-refractivity contribution in [2.45, 2.75) is 13.0 Å². The van der Waals surface area contributed by atoms with Crippen LogP contribution in [0.25, 0.3) is 0 Å². The van der Waals surface area contributed by atoms with E-state index < -0.39 is 30.4 Å². The van der Waals surface area contributed by atoms with Crippen molar-refractivity contribution in [1.29, 1.82) is 0 Å². The molecule has 1 atom stereocenters. The molecule has 0 saturated carbocycles. The van der Waals surface area contributed by atoms with Crippen LogP contribution in [0.5, 0.6) is 17.2 Å². The molecule has 0 aromatic heterocycles. The number of hydrogen-bond acceptors (Lipinski definition) is 7. The van der Waals surface area contributed by atoms with Crippen LogP contribution in [0.4, 0.5) is 5.69 Å². The number of esters is 1. The molecular weight excluding hydrogens is 392 g/mol. The molecule has 3 rings (SSSR count). The van der Waals surface area contributed by atoms with Crippen LogP contribution in [0.2, 0.25) is 0 Å². The van der Waals surface area contributed by atoms with Crippen LogP contribution < -0.4 is 24.8 Å². The van der Waals surface area contributed by atoms with Crippen LogP contribution in [0, 0.1) is 0 Å². The Morgan fingerprint density at radius 3 is 2.57 bits per heavy atom. The lowest BCUT2D eigenvalue weighted by Gasteiger charge is -2.19. The Kier molecular flexibility index (Phi) is 6.74. The zero-order valence-electron chi connectivity index (χ0n) is 16.6. The summed E-state index contributed by atoms with van der Waals surface area (Å²) >= 11 is 0. The van der Waals surface area contributed by atoms with Crippen molar-refractivity contribution in [1.82, 2.24) is 5.32 Å². The number of amides is 2. The van der Waals surface area contributed by atoms with Crippen molar-refractivity contribution in [2.75, 3.05) is 32.2 Å². The number of anilines is 1. The number of nitrogens with one attached hydrogen (secondary N) is 2. The van der Waals surface area contributed by atoms with Crippen LogP contribution in [-0.2, 0) is 14.3 Å². The lowest BCUT2D eigenvalue weighted by molar-refractivity contribution is -0.152. The van der Waals surface area contributed by atoms with E-state index in [4.69, 9.17) is 18.9 Å². The van der Waals surface area contributed by atoms with E-state index in [1.54, 1.807) is 42.5 Å². The lowest BCUT2D eigenvalue weighted by atomic mass is 10.2. The predicted octanol–water partition coefficient (Wildman–Crippen LogP) is 1.77. The molecule has 30 heavy (non-hydrogen) atoms. The van der Waals surface area contributed by atoms with Gasteiger partial charge in [-0.25, -0.2) is 0 Å². The van der Waals surface area contributed by atoms with Crippen LogP contribution in [0.3, 0.4) is 0 Å². The highest BCUT2D eigenvalue weighted by Gasteiger charge is 2.20. The third kappa shape index (κ3) is 5.19. The van der Waals surface area contributed by atoms with Crippen molar-refractivity contribution >= 4 is 23.5 Å². The molecule has 0 aliphatic carbocycles. The Bertz CT molecular complexity index is 945. The maximum absolute atomic E-state index is 12.3. The first-order valence-corrected chi connectivity index (χ1v) is 9.29. The fraction of sp³-hybridized carbons (Fsp3) is 0.286. The van der Waals surface area contributed by atoms with E-state index >= 15 is 0 Å². The standard InChI is InChI=1S/C21H22N2O7/c1-13(20(25)23-14-7-8-17-18(11-14)29-10-9-28-17)30-19(24)12-22-21(26)15-5-3-4-6-16(15)27-2/h3-8,11,13H,9-10,12H2,1-2H3,(H,22,26)(H,23,25)/t13-/m0/s1. The number of ether oxygens (including phenoxy) is 4. The summed E-state index contributed by atoms with van der Waals surface area (Å²) in [7, 11) is 1.45. The fourth-order valence-electron chi connectivity index (χ4n) is 2.74. The Hall–Kier alpha value is -3.75. The molecule has 9 nitrogen and oxygen atoms in total. The number of carbonyl (C=O) groups excluding carboxylic acids is 3. The summed E-state index contributed by atoms with van der Waals surface area (Å²) in [6.45, 7) is 1.95. The lowest BCUT2D eigenvalue weighted by Crippen LogP contribution is -2.36. The second kappa shape index (κ2) is 9.64. The van der Waals surface area contributed by atoms with Crippen LogP contribution >= 0.6 is 0 Å². The summed E-state index contributed by atoms with van der Waals surface area (Å²) in [5.74, 6) is -0.236. The molecule has 0 fully saturated rings. The van der Waals surface area contributed by atoms with Gasteiger partial charge in [-0.2, -0.15) is 0 Å². The average molecular weight is 414 g/mol. The van der Waals surface area contributed by atoms with Gasteiger partial charge in [0.05, 0.1) is 12.7 Å². The van der Waals surface area contributed by atoms with Gasteiger partial charge in [-0.3, -0.25) is 14.4 Å². The van der Waals surface area contributed by atoms with Crippen molar-refractivity contribution in [3.05, 3.63) is 48.0 Å². The normalized spacial score (nSPS) is 13.0. The average Bonchev–Trinajstić information content (AvgIpc) is 2.77. The third-order valence-corrected chi connectivity index (χ3v) is 4.23. The second-order valence-corrected chi connectivity index (χ2v) is 6.36. The number of benzene rings is 2. The molecule has 2 aromatic carbocycles. The molecule has 0 saturated heterocycles. The van der Waals surface area contributed by atoms with E-state index in [0.717, 1.165) is 0 Å². The third-order valence-electron chi connectivity index (χ3n) is 4.23. The Balaban J connectivity index is 1.49. The van der Waals surface area contributed by atoms with E-state index in [0.29, 0.717) is 36.1 Å². The molecule has 9 heteroatoms. The highest BCUT2D eigenvalue weighted by atomic mass is 16.6. The van der Waals surface area contributed by atoms with E-state index in [1.807, 2.05) is 0 Å². The Morgan fingerprint density at radius 2 is 1.80 bits per heavy atom. The Labute approximate surface area is 173 Å². The minimum atomic E-state index is -1.06.